The molecular formula is C16H31N3O. The summed E-state index contributed by atoms with van der Waals surface area (Å²) in [6, 6.07) is 0.500. The van der Waals surface area contributed by atoms with Gasteiger partial charge < -0.3 is 10.6 Å². The fourth-order valence-electron chi connectivity index (χ4n) is 3.28. The van der Waals surface area contributed by atoms with Gasteiger partial charge in [-0.25, -0.2) is 0 Å². The predicted molar refractivity (Wildman–Crippen MR) is 82.4 cm³/mol. The van der Waals surface area contributed by atoms with Crippen LogP contribution in [0.1, 0.15) is 53.4 Å². The molecule has 1 amide bonds. The molecule has 0 aromatic heterocycles. The molecule has 1 aliphatic heterocycles. The van der Waals surface area contributed by atoms with Crippen molar-refractivity contribution in [1.29, 1.82) is 0 Å². The molecule has 0 spiro atoms. The number of nitrogens with two attached hydrogens (primary N) is 1. The Balaban J connectivity index is 1.88. The molecule has 0 bridgehead atoms. The maximum absolute atomic E-state index is 11.8. The van der Waals surface area contributed by atoms with E-state index in [1.54, 1.807) is 0 Å². The molecule has 1 aliphatic carbocycles. The van der Waals surface area contributed by atoms with Crippen LogP contribution in [0.3, 0.4) is 0 Å². The van der Waals surface area contributed by atoms with Crippen LogP contribution in [0.15, 0.2) is 0 Å². The molecule has 1 atom stereocenters. The molecular weight excluding hydrogens is 250 g/mol. The molecule has 1 saturated carbocycles. The Morgan fingerprint density at radius 2 is 1.70 bits per heavy atom. The lowest BCUT2D eigenvalue weighted by Crippen LogP contribution is -2.61. The summed E-state index contributed by atoms with van der Waals surface area (Å²) in [5.74, 6) is 0.567. The third-order valence-electron chi connectivity index (χ3n) is 5.00. The fourth-order valence-corrected chi connectivity index (χ4v) is 3.28. The predicted octanol–water partition coefficient (Wildman–Crippen LogP) is 1.74. The van der Waals surface area contributed by atoms with E-state index in [0.717, 1.165) is 25.6 Å². The Morgan fingerprint density at radius 1 is 1.15 bits per heavy atom. The van der Waals surface area contributed by atoms with Crippen LogP contribution >= 0.6 is 0 Å². The normalized spacial score (nSPS) is 25.4. The van der Waals surface area contributed by atoms with E-state index < -0.39 is 5.54 Å². The fraction of sp³-hybridized carbons (Fsp3) is 0.938. The minimum Gasteiger partial charge on any atom is -0.368 e. The lowest BCUT2D eigenvalue weighted by atomic mass is 9.75. The van der Waals surface area contributed by atoms with Gasteiger partial charge in [-0.1, -0.05) is 20.8 Å². The lowest BCUT2D eigenvalue weighted by molar-refractivity contribution is -0.125. The molecule has 0 aromatic carbocycles. The maximum atomic E-state index is 11.8. The number of nitrogens with zero attached hydrogens (tertiary/aromatic N) is 1. The highest BCUT2D eigenvalue weighted by Gasteiger charge is 2.39. The second kappa shape index (κ2) is 5.64. The quantitative estimate of drug-likeness (QED) is 0.807. The van der Waals surface area contributed by atoms with Crippen LogP contribution in [0.25, 0.3) is 0 Å². The Labute approximate surface area is 123 Å². The molecule has 4 nitrogen and oxygen atoms in total. The van der Waals surface area contributed by atoms with Crippen molar-refractivity contribution in [2.75, 3.05) is 19.6 Å². The van der Waals surface area contributed by atoms with Crippen molar-refractivity contribution < 1.29 is 4.79 Å². The number of primary amides is 1. The van der Waals surface area contributed by atoms with E-state index in [2.05, 4.69) is 31.0 Å². The highest BCUT2D eigenvalue weighted by Crippen LogP contribution is 2.34. The van der Waals surface area contributed by atoms with Crippen LogP contribution < -0.4 is 11.1 Å². The van der Waals surface area contributed by atoms with Gasteiger partial charge in [0, 0.05) is 12.6 Å². The molecule has 0 aromatic rings. The summed E-state index contributed by atoms with van der Waals surface area (Å²) >= 11 is 0. The second-order valence-corrected chi connectivity index (χ2v) is 8.03. The number of hydrogen-bond acceptors (Lipinski definition) is 3. The Morgan fingerprint density at radius 3 is 2.10 bits per heavy atom. The summed E-state index contributed by atoms with van der Waals surface area (Å²) in [6.07, 6.45) is 4.80. The van der Waals surface area contributed by atoms with E-state index in [1.807, 2.05) is 6.92 Å². The molecule has 2 fully saturated rings. The third-order valence-corrected chi connectivity index (χ3v) is 5.00. The third kappa shape index (κ3) is 3.95. The number of likely N-dealkylation sites (tertiary alicyclic amines) is 1. The number of piperidine rings is 1. The number of hydrogen-bond donors (Lipinski definition) is 2. The van der Waals surface area contributed by atoms with Crippen LogP contribution in [0, 0.1) is 11.3 Å². The zero-order valence-corrected chi connectivity index (χ0v) is 13.5. The minimum absolute atomic E-state index is 0.220. The maximum Gasteiger partial charge on any atom is 0.238 e. The SMILES string of the molecule is CC(CN1CCC(C(C)(C)C)CC1)(NC1CC1)C(N)=O. The number of nitrogens with one attached hydrogen (secondary N) is 1. The molecule has 1 saturated heterocycles. The van der Waals surface area contributed by atoms with Gasteiger partial charge in [0.25, 0.3) is 0 Å². The van der Waals surface area contributed by atoms with Crippen LogP contribution in [-0.2, 0) is 4.79 Å². The van der Waals surface area contributed by atoms with Crippen LogP contribution in [0.5, 0.6) is 0 Å². The van der Waals surface area contributed by atoms with Crippen LogP contribution in [-0.4, -0.2) is 42.0 Å². The van der Waals surface area contributed by atoms with E-state index in [-0.39, 0.29) is 5.91 Å². The highest BCUT2D eigenvalue weighted by molar-refractivity contribution is 5.84. The number of carbonyl (C=O) groups is 1. The summed E-state index contributed by atoms with van der Waals surface area (Å²) in [5.41, 5.74) is 5.45. The van der Waals surface area contributed by atoms with Crippen molar-refractivity contribution in [2.45, 2.75) is 65.0 Å². The second-order valence-electron chi connectivity index (χ2n) is 8.03. The molecule has 1 unspecified atom stereocenters. The first-order valence-corrected chi connectivity index (χ1v) is 8.01. The van der Waals surface area contributed by atoms with Crippen LogP contribution in [0.4, 0.5) is 0 Å². The first-order valence-electron chi connectivity index (χ1n) is 8.01. The zero-order valence-electron chi connectivity index (χ0n) is 13.5. The van der Waals surface area contributed by atoms with Crippen LogP contribution in [0.2, 0.25) is 0 Å². The number of carbonyl (C=O) groups excluding carboxylic acids is 1. The van der Waals surface area contributed by atoms with Crippen molar-refractivity contribution in [3.8, 4) is 0 Å². The monoisotopic (exact) mass is 281 g/mol. The molecule has 20 heavy (non-hydrogen) atoms. The van der Waals surface area contributed by atoms with Gasteiger partial charge in [0.1, 0.15) is 5.54 Å². The average molecular weight is 281 g/mol. The Bertz CT molecular complexity index is 351. The first kappa shape index (κ1) is 15.8. The smallest absolute Gasteiger partial charge is 0.238 e. The summed E-state index contributed by atoms with van der Waals surface area (Å²) in [6.45, 7) is 11.9. The van der Waals surface area contributed by atoms with E-state index in [0.29, 0.717) is 11.5 Å². The zero-order chi connectivity index (χ0) is 15.0. The lowest BCUT2D eigenvalue weighted by Gasteiger charge is -2.41. The van der Waals surface area contributed by atoms with Crippen molar-refractivity contribution in [3.05, 3.63) is 0 Å². The minimum atomic E-state index is -0.574. The van der Waals surface area contributed by atoms with E-state index in [4.69, 9.17) is 5.73 Å². The highest BCUT2D eigenvalue weighted by atomic mass is 16.1. The van der Waals surface area contributed by atoms with Crippen molar-refractivity contribution in [1.82, 2.24) is 10.2 Å². The molecule has 4 heteroatoms. The van der Waals surface area contributed by atoms with Gasteiger partial charge in [0.05, 0.1) is 0 Å². The number of amides is 1. The summed E-state index contributed by atoms with van der Waals surface area (Å²) in [7, 11) is 0. The topological polar surface area (TPSA) is 58.4 Å². The van der Waals surface area contributed by atoms with Gasteiger partial charge >= 0.3 is 0 Å². The number of rotatable bonds is 5. The van der Waals surface area contributed by atoms with Crippen molar-refractivity contribution in [2.24, 2.45) is 17.1 Å². The molecule has 3 N–H and O–H groups in total. The van der Waals surface area contributed by atoms with Crippen molar-refractivity contribution >= 4 is 5.91 Å². The van der Waals surface area contributed by atoms with Gasteiger partial charge in [-0.05, 0) is 57.0 Å². The van der Waals surface area contributed by atoms with Gasteiger partial charge in [-0.3, -0.25) is 10.1 Å². The summed E-state index contributed by atoms with van der Waals surface area (Å²) in [5, 5.41) is 3.44. The molecule has 0 radical (unpaired) electrons. The van der Waals surface area contributed by atoms with Gasteiger partial charge in [-0.2, -0.15) is 0 Å². The summed E-state index contributed by atoms with van der Waals surface area (Å²) in [4.78, 5) is 14.2. The van der Waals surface area contributed by atoms with E-state index in [9.17, 15) is 4.79 Å². The molecule has 2 rings (SSSR count). The Kier molecular flexibility index (Phi) is 4.45. The van der Waals surface area contributed by atoms with Crippen molar-refractivity contribution in [3.63, 3.8) is 0 Å². The standard InChI is InChI=1S/C16H31N3O/c1-15(2,3)12-7-9-19(10-8-12)11-16(4,14(17)20)18-13-5-6-13/h12-13,18H,5-11H2,1-4H3,(H2,17,20). The molecule has 116 valence electrons. The summed E-state index contributed by atoms with van der Waals surface area (Å²) < 4.78 is 0. The Hall–Kier alpha value is -0.610. The first-order chi connectivity index (χ1) is 9.21. The van der Waals surface area contributed by atoms with Gasteiger partial charge in [0.15, 0.2) is 0 Å². The van der Waals surface area contributed by atoms with E-state index in [1.165, 1.54) is 25.7 Å². The van der Waals surface area contributed by atoms with Gasteiger partial charge in [-0.15, -0.1) is 0 Å². The average Bonchev–Trinajstić information content (AvgIpc) is 3.12. The molecule has 2 aliphatic rings. The van der Waals surface area contributed by atoms with Gasteiger partial charge in [0.2, 0.25) is 5.91 Å². The van der Waals surface area contributed by atoms with E-state index >= 15 is 0 Å². The largest absolute Gasteiger partial charge is 0.368 e. The molecule has 1 heterocycles.